The number of carbonyl (C=O) groups excluding carboxylic acids is 1. The van der Waals surface area contributed by atoms with Crippen molar-refractivity contribution in [3.05, 3.63) is 34.0 Å². The van der Waals surface area contributed by atoms with Gasteiger partial charge in [-0.15, -0.1) is 0 Å². The highest BCUT2D eigenvalue weighted by Gasteiger charge is 2.34. The van der Waals surface area contributed by atoms with Crippen LogP contribution in [0.4, 0.5) is 0 Å². The van der Waals surface area contributed by atoms with Crippen molar-refractivity contribution in [2.45, 2.75) is 25.7 Å². The summed E-state index contributed by atoms with van der Waals surface area (Å²) in [7, 11) is 0. The minimum atomic E-state index is -0.281. The molecule has 1 fully saturated rings. The Hall–Kier alpha value is -1.29. The molecule has 1 saturated carbocycles. The van der Waals surface area contributed by atoms with Gasteiger partial charge in [0.05, 0.1) is 6.61 Å². The van der Waals surface area contributed by atoms with Gasteiger partial charge in [0, 0.05) is 15.8 Å². The van der Waals surface area contributed by atoms with E-state index in [1.165, 1.54) is 0 Å². The number of hydrogen-bond acceptors (Lipinski definition) is 3. The first-order valence-electron chi connectivity index (χ1n) is 6.09. The second kappa shape index (κ2) is 4.43. The summed E-state index contributed by atoms with van der Waals surface area (Å²) in [5.74, 6) is 0.897. The van der Waals surface area contributed by atoms with E-state index in [-0.39, 0.29) is 5.97 Å². The van der Waals surface area contributed by atoms with Crippen LogP contribution in [0.2, 0.25) is 0 Å². The lowest BCUT2D eigenvalue weighted by Gasteiger charge is -2.01. The van der Waals surface area contributed by atoms with E-state index < -0.39 is 0 Å². The molecular formula is C14H13BrO3. The van der Waals surface area contributed by atoms with Crippen molar-refractivity contribution in [1.29, 1.82) is 0 Å². The molecule has 1 aromatic heterocycles. The van der Waals surface area contributed by atoms with Crippen LogP contribution in [0.5, 0.6) is 0 Å². The molecule has 3 rings (SSSR count). The highest BCUT2D eigenvalue weighted by molar-refractivity contribution is 9.10. The fourth-order valence-electron chi connectivity index (χ4n) is 2.14. The molecule has 18 heavy (non-hydrogen) atoms. The summed E-state index contributed by atoms with van der Waals surface area (Å²) in [6.45, 7) is 2.19. The predicted molar refractivity (Wildman–Crippen MR) is 71.8 cm³/mol. The predicted octanol–water partition coefficient (Wildman–Crippen LogP) is 4.25. The molecule has 3 nitrogen and oxygen atoms in total. The van der Waals surface area contributed by atoms with Crippen molar-refractivity contribution in [2.24, 2.45) is 0 Å². The van der Waals surface area contributed by atoms with E-state index in [4.69, 9.17) is 9.15 Å². The average molecular weight is 309 g/mol. The third-order valence-electron chi connectivity index (χ3n) is 3.10. The maximum absolute atomic E-state index is 12.1. The standard InChI is InChI=1S/C14H13BrO3/c1-2-17-14(16)12-10-7-9(15)5-6-11(10)18-13(12)8-3-4-8/h5-8H,2-4H2,1H3. The smallest absolute Gasteiger partial charge is 0.342 e. The molecule has 1 aliphatic rings. The highest BCUT2D eigenvalue weighted by atomic mass is 79.9. The Morgan fingerprint density at radius 3 is 2.94 bits per heavy atom. The molecule has 0 bridgehead atoms. The SMILES string of the molecule is CCOC(=O)c1c(C2CC2)oc2ccc(Br)cc12. The van der Waals surface area contributed by atoms with Crippen LogP contribution in [-0.2, 0) is 4.74 Å². The third-order valence-corrected chi connectivity index (χ3v) is 3.60. The number of fused-ring (bicyclic) bond motifs is 1. The van der Waals surface area contributed by atoms with Gasteiger partial charge in [-0.1, -0.05) is 15.9 Å². The van der Waals surface area contributed by atoms with E-state index in [0.717, 1.165) is 34.0 Å². The first kappa shape index (κ1) is 11.8. The van der Waals surface area contributed by atoms with E-state index in [1.54, 1.807) is 0 Å². The Bertz CT molecular complexity index is 611. The van der Waals surface area contributed by atoms with Gasteiger partial charge < -0.3 is 9.15 Å². The first-order valence-corrected chi connectivity index (χ1v) is 6.89. The quantitative estimate of drug-likeness (QED) is 0.796. The summed E-state index contributed by atoms with van der Waals surface area (Å²) in [5.41, 5.74) is 1.36. The first-order chi connectivity index (χ1) is 8.70. The van der Waals surface area contributed by atoms with Crippen LogP contribution in [0.3, 0.4) is 0 Å². The van der Waals surface area contributed by atoms with Gasteiger partial charge in [0.1, 0.15) is 16.9 Å². The van der Waals surface area contributed by atoms with Crippen LogP contribution in [0.25, 0.3) is 11.0 Å². The van der Waals surface area contributed by atoms with Crippen molar-refractivity contribution in [3.8, 4) is 0 Å². The summed E-state index contributed by atoms with van der Waals surface area (Å²) in [6.07, 6.45) is 2.18. The summed E-state index contributed by atoms with van der Waals surface area (Å²) < 4.78 is 11.9. The van der Waals surface area contributed by atoms with Gasteiger partial charge in [0.25, 0.3) is 0 Å². The van der Waals surface area contributed by atoms with Crippen LogP contribution in [0, 0.1) is 0 Å². The fourth-order valence-corrected chi connectivity index (χ4v) is 2.50. The molecular weight excluding hydrogens is 296 g/mol. The number of esters is 1. The van der Waals surface area contributed by atoms with Gasteiger partial charge in [-0.25, -0.2) is 4.79 Å². The zero-order valence-electron chi connectivity index (χ0n) is 10.0. The van der Waals surface area contributed by atoms with Gasteiger partial charge in [0.15, 0.2) is 0 Å². The van der Waals surface area contributed by atoms with Crippen molar-refractivity contribution in [1.82, 2.24) is 0 Å². The zero-order valence-corrected chi connectivity index (χ0v) is 11.6. The lowest BCUT2D eigenvalue weighted by Crippen LogP contribution is -2.06. The molecule has 0 aliphatic heterocycles. The number of furan rings is 1. The zero-order chi connectivity index (χ0) is 12.7. The number of ether oxygens (including phenoxy) is 1. The van der Waals surface area contributed by atoms with Crippen LogP contribution in [-0.4, -0.2) is 12.6 Å². The summed E-state index contributed by atoms with van der Waals surface area (Å²) in [4.78, 5) is 12.1. The van der Waals surface area contributed by atoms with Crippen LogP contribution < -0.4 is 0 Å². The Morgan fingerprint density at radius 1 is 1.50 bits per heavy atom. The van der Waals surface area contributed by atoms with Crippen LogP contribution >= 0.6 is 15.9 Å². The van der Waals surface area contributed by atoms with Gasteiger partial charge >= 0.3 is 5.97 Å². The topological polar surface area (TPSA) is 39.4 Å². The monoisotopic (exact) mass is 308 g/mol. The Kier molecular flexibility index (Phi) is 2.90. The van der Waals surface area contributed by atoms with Crippen molar-refractivity contribution >= 4 is 32.9 Å². The van der Waals surface area contributed by atoms with E-state index in [9.17, 15) is 4.79 Å². The molecule has 0 N–H and O–H groups in total. The number of hydrogen-bond donors (Lipinski definition) is 0. The van der Waals surface area contributed by atoms with E-state index in [0.29, 0.717) is 18.1 Å². The van der Waals surface area contributed by atoms with Crippen LogP contribution in [0.15, 0.2) is 27.1 Å². The second-order valence-corrected chi connectivity index (χ2v) is 5.39. The van der Waals surface area contributed by atoms with E-state index in [1.807, 2.05) is 25.1 Å². The van der Waals surface area contributed by atoms with Crippen LogP contribution in [0.1, 0.15) is 41.8 Å². The number of halogens is 1. The molecule has 0 unspecified atom stereocenters. The van der Waals surface area contributed by atoms with Gasteiger partial charge in [-0.3, -0.25) is 0 Å². The number of benzene rings is 1. The molecule has 0 spiro atoms. The molecule has 1 aromatic carbocycles. The summed E-state index contributed by atoms with van der Waals surface area (Å²) in [6, 6.07) is 5.71. The maximum atomic E-state index is 12.1. The van der Waals surface area contributed by atoms with Gasteiger partial charge in [-0.2, -0.15) is 0 Å². The molecule has 2 aromatic rings. The molecule has 0 amide bonds. The fraction of sp³-hybridized carbons (Fsp3) is 0.357. The molecule has 4 heteroatoms. The minimum Gasteiger partial charge on any atom is -0.462 e. The molecule has 94 valence electrons. The summed E-state index contributed by atoms with van der Waals surface area (Å²) in [5, 5.41) is 0.838. The third kappa shape index (κ3) is 1.94. The highest BCUT2D eigenvalue weighted by Crippen LogP contribution is 2.45. The average Bonchev–Trinajstić information content (AvgIpc) is 3.11. The minimum absolute atomic E-state index is 0.281. The molecule has 1 heterocycles. The van der Waals surface area contributed by atoms with Crippen molar-refractivity contribution < 1.29 is 13.9 Å². The lowest BCUT2D eigenvalue weighted by molar-refractivity contribution is 0.0525. The Balaban J connectivity index is 2.19. The number of rotatable bonds is 3. The molecule has 0 radical (unpaired) electrons. The van der Waals surface area contributed by atoms with Gasteiger partial charge in [-0.05, 0) is 38.0 Å². The van der Waals surface area contributed by atoms with Gasteiger partial charge in [0.2, 0.25) is 0 Å². The lowest BCUT2D eigenvalue weighted by atomic mass is 10.1. The largest absolute Gasteiger partial charge is 0.462 e. The van der Waals surface area contributed by atoms with E-state index >= 15 is 0 Å². The number of carbonyl (C=O) groups is 1. The molecule has 1 aliphatic carbocycles. The van der Waals surface area contributed by atoms with Crippen molar-refractivity contribution in [2.75, 3.05) is 6.61 Å². The van der Waals surface area contributed by atoms with Crippen molar-refractivity contribution in [3.63, 3.8) is 0 Å². The Labute approximate surface area is 113 Å². The molecule has 0 atom stereocenters. The summed E-state index contributed by atoms with van der Waals surface area (Å²) >= 11 is 3.42. The van der Waals surface area contributed by atoms with E-state index in [2.05, 4.69) is 15.9 Å². The molecule has 0 saturated heterocycles. The Morgan fingerprint density at radius 2 is 2.28 bits per heavy atom. The normalized spacial score (nSPS) is 15.0. The second-order valence-electron chi connectivity index (χ2n) is 4.48. The maximum Gasteiger partial charge on any atom is 0.342 e.